The van der Waals surface area contributed by atoms with Crippen LogP contribution in [0.25, 0.3) is 11.1 Å². The summed E-state index contributed by atoms with van der Waals surface area (Å²) in [7, 11) is 0. The van der Waals surface area contributed by atoms with Crippen LogP contribution in [0.4, 0.5) is 0 Å². The van der Waals surface area contributed by atoms with E-state index in [2.05, 4.69) is 52.3 Å². The third kappa shape index (κ3) is 3.97. The minimum absolute atomic E-state index is 1.00. The maximum absolute atomic E-state index is 4.94. The van der Waals surface area contributed by atoms with E-state index in [9.17, 15) is 0 Å². The normalized spacial score (nSPS) is 13.8. The number of benzene rings is 2. The summed E-state index contributed by atoms with van der Waals surface area (Å²) >= 11 is 3.53. The van der Waals surface area contributed by atoms with Crippen LogP contribution in [0, 0.1) is 0 Å². The number of rotatable bonds is 1. The highest BCUT2D eigenvalue weighted by molar-refractivity contribution is 9.10. The summed E-state index contributed by atoms with van der Waals surface area (Å²) in [6, 6.07) is 18.6. The molecule has 0 aromatic heterocycles. The van der Waals surface area contributed by atoms with Crippen LogP contribution in [-0.4, -0.2) is 13.2 Å². The van der Waals surface area contributed by atoms with Gasteiger partial charge >= 0.3 is 0 Å². The van der Waals surface area contributed by atoms with E-state index in [1.807, 2.05) is 18.2 Å². The van der Waals surface area contributed by atoms with E-state index < -0.39 is 0 Å². The number of halogens is 1. The highest BCUT2D eigenvalue weighted by atomic mass is 79.9. The Bertz CT molecular complexity index is 456. The highest BCUT2D eigenvalue weighted by Crippen LogP contribution is 2.27. The Morgan fingerprint density at radius 2 is 1.39 bits per heavy atom. The topological polar surface area (TPSA) is 9.23 Å². The molecule has 0 saturated carbocycles. The molecule has 0 N–H and O–H groups in total. The van der Waals surface area contributed by atoms with Gasteiger partial charge in [0.15, 0.2) is 0 Å². The number of hydrogen-bond donors (Lipinski definition) is 0. The van der Waals surface area contributed by atoms with Crippen LogP contribution in [0.5, 0.6) is 0 Å². The van der Waals surface area contributed by atoms with Gasteiger partial charge in [0.2, 0.25) is 0 Å². The average molecular weight is 305 g/mol. The molecule has 1 fully saturated rings. The first kappa shape index (κ1) is 13.3. The highest BCUT2D eigenvalue weighted by Gasteiger charge is 1.99. The van der Waals surface area contributed by atoms with Gasteiger partial charge in [-0.2, -0.15) is 0 Å². The van der Waals surface area contributed by atoms with E-state index in [-0.39, 0.29) is 0 Å². The van der Waals surface area contributed by atoms with Gasteiger partial charge in [0.25, 0.3) is 0 Å². The molecule has 0 aliphatic carbocycles. The maximum Gasteiger partial charge on any atom is 0.0466 e. The van der Waals surface area contributed by atoms with E-state index in [1.165, 1.54) is 24.0 Å². The molecule has 3 rings (SSSR count). The second-order valence-corrected chi connectivity index (χ2v) is 5.02. The van der Waals surface area contributed by atoms with Gasteiger partial charge in [-0.05, 0) is 30.0 Å². The largest absolute Gasteiger partial charge is 0.381 e. The Morgan fingerprint density at radius 3 is 1.94 bits per heavy atom. The number of ether oxygens (including phenoxy) is 1. The minimum atomic E-state index is 1.00. The Balaban J connectivity index is 0.000000202. The minimum Gasteiger partial charge on any atom is -0.381 e. The van der Waals surface area contributed by atoms with E-state index >= 15 is 0 Å². The number of hydrogen-bond acceptors (Lipinski definition) is 1. The molecule has 2 aromatic rings. The van der Waals surface area contributed by atoms with E-state index in [0.717, 1.165) is 17.7 Å². The standard InChI is InChI=1S/C12H9Br.C4H8O/c13-12-9-5-4-8-11(12)10-6-2-1-3-7-10;1-2-4-5-3-1/h1-9H;1-4H2. The van der Waals surface area contributed by atoms with Crippen molar-refractivity contribution in [2.45, 2.75) is 12.8 Å². The Hall–Kier alpha value is -1.12. The molecule has 0 bridgehead atoms. The summed E-state index contributed by atoms with van der Waals surface area (Å²) < 4.78 is 6.08. The Morgan fingerprint density at radius 1 is 0.778 bits per heavy atom. The lowest BCUT2D eigenvalue weighted by Crippen LogP contribution is -1.77. The molecule has 0 spiro atoms. The Labute approximate surface area is 117 Å². The molecule has 1 nitrogen and oxygen atoms in total. The van der Waals surface area contributed by atoms with Crippen molar-refractivity contribution in [3.63, 3.8) is 0 Å². The molecule has 1 aliphatic rings. The van der Waals surface area contributed by atoms with Crippen molar-refractivity contribution in [1.82, 2.24) is 0 Å². The molecule has 0 radical (unpaired) electrons. The van der Waals surface area contributed by atoms with Gasteiger partial charge in [0.1, 0.15) is 0 Å². The molecule has 1 heterocycles. The molecular formula is C16H17BrO. The fourth-order valence-corrected chi connectivity index (χ4v) is 2.34. The zero-order valence-corrected chi connectivity index (χ0v) is 11.9. The fourth-order valence-electron chi connectivity index (χ4n) is 1.82. The quantitative estimate of drug-likeness (QED) is 0.727. The van der Waals surface area contributed by atoms with Crippen molar-refractivity contribution in [3.05, 3.63) is 59.1 Å². The summed E-state index contributed by atoms with van der Waals surface area (Å²) in [6.45, 7) is 2.00. The molecule has 2 heteroatoms. The lowest BCUT2D eigenvalue weighted by molar-refractivity contribution is 0.198. The van der Waals surface area contributed by atoms with Crippen LogP contribution in [0.15, 0.2) is 59.1 Å². The lowest BCUT2D eigenvalue weighted by atomic mass is 10.1. The average Bonchev–Trinajstić information content (AvgIpc) is 2.99. The van der Waals surface area contributed by atoms with Crippen molar-refractivity contribution < 1.29 is 4.74 Å². The van der Waals surface area contributed by atoms with Crippen molar-refractivity contribution in [2.75, 3.05) is 13.2 Å². The van der Waals surface area contributed by atoms with E-state index in [0.29, 0.717) is 0 Å². The van der Waals surface area contributed by atoms with Crippen LogP contribution in [0.3, 0.4) is 0 Å². The summed E-state index contributed by atoms with van der Waals surface area (Å²) in [5.74, 6) is 0. The second kappa shape index (κ2) is 7.34. The molecule has 1 aliphatic heterocycles. The molecular weight excluding hydrogens is 288 g/mol. The van der Waals surface area contributed by atoms with Gasteiger partial charge in [-0.1, -0.05) is 64.5 Å². The first-order valence-corrected chi connectivity index (χ1v) is 7.05. The lowest BCUT2D eigenvalue weighted by Gasteiger charge is -2.02. The fraction of sp³-hybridized carbons (Fsp3) is 0.250. The van der Waals surface area contributed by atoms with Gasteiger partial charge < -0.3 is 4.74 Å². The molecule has 0 atom stereocenters. The molecule has 94 valence electrons. The molecule has 1 saturated heterocycles. The van der Waals surface area contributed by atoms with Gasteiger partial charge in [-0.25, -0.2) is 0 Å². The van der Waals surface area contributed by atoms with Crippen molar-refractivity contribution in [3.8, 4) is 11.1 Å². The van der Waals surface area contributed by atoms with Crippen LogP contribution in [0.2, 0.25) is 0 Å². The predicted molar refractivity (Wildman–Crippen MR) is 79.6 cm³/mol. The maximum atomic E-state index is 4.94. The van der Waals surface area contributed by atoms with Gasteiger partial charge in [0.05, 0.1) is 0 Å². The SMILES string of the molecule is Brc1ccccc1-c1ccccc1.C1CCOC1. The van der Waals surface area contributed by atoms with Crippen LogP contribution in [-0.2, 0) is 4.74 Å². The van der Waals surface area contributed by atoms with Crippen LogP contribution >= 0.6 is 15.9 Å². The van der Waals surface area contributed by atoms with Crippen molar-refractivity contribution in [1.29, 1.82) is 0 Å². The van der Waals surface area contributed by atoms with Crippen molar-refractivity contribution >= 4 is 15.9 Å². The van der Waals surface area contributed by atoms with E-state index in [1.54, 1.807) is 0 Å². The third-order valence-corrected chi connectivity index (χ3v) is 3.48. The van der Waals surface area contributed by atoms with Crippen LogP contribution in [0.1, 0.15) is 12.8 Å². The summed E-state index contributed by atoms with van der Waals surface area (Å²) in [5, 5.41) is 0. The monoisotopic (exact) mass is 304 g/mol. The molecule has 2 aromatic carbocycles. The van der Waals surface area contributed by atoms with Gasteiger partial charge in [0, 0.05) is 17.7 Å². The second-order valence-electron chi connectivity index (χ2n) is 4.17. The predicted octanol–water partition coefficient (Wildman–Crippen LogP) is 4.91. The smallest absolute Gasteiger partial charge is 0.0466 e. The molecule has 0 unspecified atom stereocenters. The zero-order chi connectivity index (χ0) is 12.6. The first-order chi connectivity index (χ1) is 8.88. The Kier molecular flexibility index (Phi) is 5.43. The van der Waals surface area contributed by atoms with E-state index in [4.69, 9.17) is 4.74 Å². The molecule has 0 amide bonds. The zero-order valence-electron chi connectivity index (χ0n) is 10.3. The summed E-state index contributed by atoms with van der Waals surface area (Å²) in [5.41, 5.74) is 2.48. The van der Waals surface area contributed by atoms with Gasteiger partial charge in [-0.15, -0.1) is 0 Å². The summed E-state index contributed by atoms with van der Waals surface area (Å²) in [4.78, 5) is 0. The summed E-state index contributed by atoms with van der Waals surface area (Å²) in [6.07, 6.45) is 2.56. The first-order valence-electron chi connectivity index (χ1n) is 6.25. The van der Waals surface area contributed by atoms with Crippen LogP contribution < -0.4 is 0 Å². The van der Waals surface area contributed by atoms with Gasteiger partial charge in [-0.3, -0.25) is 0 Å². The third-order valence-electron chi connectivity index (χ3n) is 2.79. The molecule has 18 heavy (non-hydrogen) atoms. The van der Waals surface area contributed by atoms with Crippen molar-refractivity contribution in [2.24, 2.45) is 0 Å².